The normalized spacial score (nSPS) is 18.0. The van der Waals surface area contributed by atoms with Gasteiger partial charge in [-0.15, -0.1) is 5.10 Å². The number of benzene rings is 1. The highest BCUT2D eigenvalue weighted by Crippen LogP contribution is 2.31. The lowest BCUT2D eigenvalue weighted by atomic mass is 10.1. The van der Waals surface area contributed by atoms with E-state index in [9.17, 15) is 13.2 Å². The van der Waals surface area contributed by atoms with Crippen molar-refractivity contribution < 1.29 is 22.1 Å². The molecule has 4 rings (SSSR count). The Morgan fingerprint density at radius 3 is 2.71 bits per heavy atom. The second-order valence-electron chi connectivity index (χ2n) is 8.04. The zero-order valence-corrected chi connectivity index (χ0v) is 17.0. The first-order valence-electron chi connectivity index (χ1n) is 9.22. The zero-order valence-electron chi connectivity index (χ0n) is 16.1. The molecule has 0 fully saturated rings. The summed E-state index contributed by atoms with van der Waals surface area (Å²) >= 11 is 0. The molecule has 2 aliphatic rings. The molecule has 0 saturated carbocycles. The van der Waals surface area contributed by atoms with Crippen LogP contribution in [-0.4, -0.2) is 47.9 Å². The Labute approximate surface area is 164 Å². The number of carbonyl (C=O) groups is 1. The second-order valence-corrected chi connectivity index (χ2v) is 9.59. The van der Waals surface area contributed by atoms with Crippen LogP contribution in [0.3, 0.4) is 0 Å². The highest BCUT2D eigenvalue weighted by molar-refractivity contribution is 7.87. The first-order valence-corrected chi connectivity index (χ1v) is 10.6. The monoisotopic (exact) mass is 405 g/mol. The fourth-order valence-electron chi connectivity index (χ4n) is 3.47. The summed E-state index contributed by atoms with van der Waals surface area (Å²) < 4.78 is 37.9. The van der Waals surface area contributed by atoms with E-state index in [2.05, 4.69) is 5.10 Å². The molecule has 0 aliphatic carbocycles. The van der Waals surface area contributed by atoms with Gasteiger partial charge in [-0.05, 0) is 44.9 Å². The minimum absolute atomic E-state index is 0.100. The highest BCUT2D eigenvalue weighted by atomic mass is 32.2. The van der Waals surface area contributed by atoms with Crippen molar-refractivity contribution in [3.63, 3.8) is 0 Å². The summed E-state index contributed by atoms with van der Waals surface area (Å²) in [6.07, 6.45) is 0.626. The predicted octanol–water partition coefficient (Wildman–Crippen LogP) is 2.35. The van der Waals surface area contributed by atoms with E-state index >= 15 is 0 Å². The van der Waals surface area contributed by atoms with Gasteiger partial charge in [0.2, 0.25) is 0 Å². The van der Waals surface area contributed by atoms with Crippen LogP contribution < -0.4 is 4.18 Å². The number of rotatable bonds is 0. The van der Waals surface area contributed by atoms with E-state index in [-0.39, 0.29) is 16.9 Å². The van der Waals surface area contributed by atoms with Crippen LogP contribution in [0.4, 0.5) is 4.79 Å². The Hall–Kier alpha value is -2.55. The lowest BCUT2D eigenvalue weighted by Gasteiger charge is -2.26. The molecule has 1 amide bonds. The number of amides is 1. The molecule has 28 heavy (non-hydrogen) atoms. The largest absolute Gasteiger partial charge is 0.444 e. The molecule has 0 spiro atoms. The third kappa shape index (κ3) is 3.58. The summed E-state index contributed by atoms with van der Waals surface area (Å²) in [6, 6.07) is 6.68. The molecule has 2 aromatic rings. The maximum absolute atomic E-state index is 12.6. The Balaban J connectivity index is 1.67. The molecule has 1 aromatic heterocycles. The van der Waals surface area contributed by atoms with Crippen molar-refractivity contribution in [3.05, 3.63) is 41.1 Å². The van der Waals surface area contributed by atoms with E-state index in [0.29, 0.717) is 32.5 Å². The smallest absolute Gasteiger partial charge is 0.410 e. The van der Waals surface area contributed by atoms with Crippen LogP contribution in [0.5, 0.6) is 5.88 Å². The van der Waals surface area contributed by atoms with E-state index in [0.717, 1.165) is 16.8 Å². The fraction of sp³-hybridized carbons (Fsp3) is 0.474. The van der Waals surface area contributed by atoms with Gasteiger partial charge in [-0.2, -0.15) is 8.42 Å². The molecule has 8 nitrogen and oxygen atoms in total. The van der Waals surface area contributed by atoms with Crippen LogP contribution in [0.25, 0.3) is 0 Å². The first-order chi connectivity index (χ1) is 13.1. The third-order valence-electron chi connectivity index (χ3n) is 4.74. The molecule has 0 saturated heterocycles. The molecular weight excluding hydrogens is 382 g/mol. The summed E-state index contributed by atoms with van der Waals surface area (Å²) in [6.45, 7) is 6.82. The Morgan fingerprint density at radius 2 is 1.96 bits per heavy atom. The van der Waals surface area contributed by atoms with Crippen molar-refractivity contribution in [3.8, 4) is 5.88 Å². The minimum Gasteiger partial charge on any atom is -0.444 e. The number of nitrogens with zero attached hydrogens (tertiary/aromatic N) is 3. The van der Waals surface area contributed by atoms with Crippen LogP contribution >= 0.6 is 0 Å². The molecule has 0 radical (unpaired) electrons. The van der Waals surface area contributed by atoms with E-state index in [4.69, 9.17) is 8.92 Å². The fourth-order valence-corrected chi connectivity index (χ4v) is 4.45. The maximum atomic E-state index is 12.6. The number of fused-ring (bicyclic) bond motifs is 7. The van der Waals surface area contributed by atoms with Gasteiger partial charge in [0.1, 0.15) is 10.5 Å². The van der Waals surface area contributed by atoms with Gasteiger partial charge in [0.05, 0.1) is 6.54 Å². The summed E-state index contributed by atoms with van der Waals surface area (Å²) in [5.41, 5.74) is 1.89. The molecule has 150 valence electrons. The summed E-state index contributed by atoms with van der Waals surface area (Å²) in [7, 11) is -3.95. The quantitative estimate of drug-likeness (QED) is 0.625. The average Bonchev–Trinajstić information content (AvgIpc) is 2.78. The van der Waals surface area contributed by atoms with Gasteiger partial charge < -0.3 is 13.8 Å². The zero-order chi connectivity index (χ0) is 20.1. The molecule has 9 heteroatoms. The minimum atomic E-state index is -3.95. The molecule has 0 N–H and O–H groups in total. The van der Waals surface area contributed by atoms with Gasteiger partial charge in [0.25, 0.3) is 5.88 Å². The topological polar surface area (TPSA) is 90.7 Å². The van der Waals surface area contributed by atoms with Gasteiger partial charge in [-0.3, -0.25) is 4.68 Å². The molecule has 1 aromatic carbocycles. The van der Waals surface area contributed by atoms with Gasteiger partial charge >= 0.3 is 16.2 Å². The molecule has 0 unspecified atom stereocenters. The van der Waals surface area contributed by atoms with Crippen molar-refractivity contribution in [1.29, 1.82) is 0 Å². The average molecular weight is 405 g/mol. The van der Waals surface area contributed by atoms with Crippen molar-refractivity contribution in [2.75, 3.05) is 13.1 Å². The number of carbonyl (C=O) groups excluding carboxylic acids is 1. The molecule has 4 bridgehead atoms. The van der Waals surface area contributed by atoms with Gasteiger partial charge in [0.15, 0.2) is 0 Å². The lowest BCUT2D eigenvalue weighted by Crippen LogP contribution is -2.38. The van der Waals surface area contributed by atoms with Crippen LogP contribution in [0.15, 0.2) is 29.2 Å². The lowest BCUT2D eigenvalue weighted by molar-refractivity contribution is 0.0257. The number of ether oxygens (including phenoxy) is 1. The predicted molar refractivity (Wildman–Crippen MR) is 101 cm³/mol. The summed E-state index contributed by atoms with van der Waals surface area (Å²) in [4.78, 5) is 14.2. The van der Waals surface area contributed by atoms with Crippen molar-refractivity contribution >= 4 is 16.2 Å². The van der Waals surface area contributed by atoms with Crippen molar-refractivity contribution in [1.82, 2.24) is 14.7 Å². The van der Waals surface area contributed by atoms with E-state index in [1.54, 1.807) is 21.7 Å². The Kier molecular flexibility index (Phi) is 4.37. The number of hydrogen-bond donors (Lipinski definition) is 0. The molecule has 0 atom stereocenters. The van der Waals surface area contributed by atoms with Gasteiger partial charge in [-0.1, -0.05) is 12.1 Å². The summed E-state index contributed by atoms with van der Waals surface area (Å²) in [5.74, 6) is 0.100. The van der Waals surface area contributed by atoms with Crippen LogP contribution in [0, 0.1) is 0 Å². The van der Waals surface area contributed by atoms with E-state index in [1.807, 2.05) is 26.8 Å². The summed E-state index contributed by atoms with van der Waals surface area (Å²) in [5, 5.41) is 4.42. The maximum Gasteiger partial charge on any atom is 0.410 e. The Bertz CT molecular complexity index is 1040. The van der Waals surface area contributed by atoms with Crippen LogP contribution in [0.2, 0.25) is 0 Å². The van der Waals surface area contributed by atoms with Crippen molar-refractivity contribution in [2.45, 2.75) is 50.7 Å². The molecular formula is C19H23N3O5S. The van der Waals surface area contributed by atoms with Crippen molar-refractivity contribution in [2.24, 2.45) is 0 Å². The first kappa shape index (κ1) is 18.8. The second kappa shape index (κ2) is 6.51. The van der Waals surface area contributed by atoms with Crippen LogP contribution in [0.1, 0.15) is 37.6 Å². The van der Waals surface area contributed by atoms with E-state index < -0.39 is 15.7 Å². The Morgan fingerprint density at radius 1 is 1.21 bits per heavy atom. The third-order valence-corrected chi connectivity index (χ3v) is 5.95. The molecule has 3 heterocycles. The van der Waals surface area contributed by atoms with Gasteiger partial charge in [0, 0.05) is 30.8 Å². The number of hydrogen-bond acceptors (Lipinski definition) is 6. The SMILES string of the molecule is CC(C)(C)OC(=O)N1CCc2c3nn(c2CC1)Cc1cccc(c1)S(=O)(=O)O3. The molecule has 2 aliphatic heterocycles. The van der Waals surface area contributed by atoms with Crippen LogP contribution in [-0.2, 0) is 34.2 Å². The standard InChI is InChI=1S/C19H23N3O5S/c1-19(2,3)26-18(23)21-9-7-15-16(8-10-21)22-12-13-5-4-6-14(11-13)28(24,25)27-17(15)20-22/h4-6,11H,7-10,12H2,1-3H3. The van der Waals surface area contributed by atoms with Gasteiger partial charge in [-0.25, -0.2) is 4.79 Å². The number of aromatic nitrogens is 2. The highest BCUT2D eigenvalue weighted by Gasteiger charge is 2.31. The van der Waals surface area contributed by atoms with E-state index in [1.165, 1.54) is 6.07 Å².